The zero-order valence-corrected chi connectivity index (χ0v) is 11.8. The summed E-state index contributed by atoms with van der Waals surface area (Å²) in [4.78, 5) is 2.07. The molecule has 0 radical (unpaired) electrons. The lowest BCUT2D eigenvalue weighted by atomic mass is 10.0. The third kappa shape index (κ3) is 3.32. The van der Waals surface area contributed by atoms with Crippen LogP contribution in [0.15, 0.2) is 42.6 Å². The second kappa shape index (κ2) is 5.60. The molecule has 1 N–H and O–H groups in total. The van der Waals surface area contributed by atoms with E-state index in [1.165, 1.54) is 0 Å². The Hall–Kier alpha value is -1.68. The smallest absolute Gasteiger partial charge is 0.251 e. The largest absolute Gasteiger partial charge is 0.392 e. The lowest BCUT2D eigenvalue weighted by Crippen LogP contribution is -2.21. The first-order valence-corrected chi connectivity index (χ1v) is 7.29. The van der Waals surface area contributed by atoms with Crippen molar-refractivity contribution in [3.63, 3.8) is 0 Å². The van der Waals surface area contributed by atoms with Crippen LogP contribution in [0.1, 0.15) is 24.0 Å². The highest BCUT2D eigenvalue weighted by Gasteiger charge is 2.56. The van der Waals surface area contributed by atoms with Crippen molar-refractivity contribution >= 4 is 5.57 Å². The summed E-state index contributed by atoms with van der Waals surface area (Å²) >= 11 is 0. The molecule has 2 nitrogen and oxygen atoms in total. The molecular formula is C17H19F2NO. The van der Waals surface area contributed by atoms with Crippen LogP contribution in [0.25, 0.3) is 5.57 Å². The molecule has 1 aromatic carbocycles. The molecule has 0 aromatic heterocycles. The first-order valence-electron chi connectivity index (χ1n) is 7.29. The van der Waals surface area contributed by atoms with E-state index in [1.807, 2.05) is 36.5 Å². The van der Waals surface area contributed by atoms with E-state index in [0.29, 0.717) is 13.0 Å². The van der Waals surface area contributed by atoms with Crippen molar-refractivity contribution < 1.29 is 13.9 Å². The molecule has 2 aliphatic rings. The monoisotopic (exact) mass is 291 g/mol. The molecule has 1 unspecified atom stereocenters. The van der Waals surface area contributed by atoms with Crippen molar-refractivity contribution in [2.75, 3.05) is 13.1 Å². The Balaban J connectivity index is 1.53. The summed E-state index contributed by atoms with van der Waals surface area (Å²) in [6.45, 7) is 1.49. The maximum atomic E-state index is 12.8. The van der Waals surface area contributed by atoms with Crippen LogP contribution in [0.4, 0.5) is 8.78 Å². The molecule has 0 amide bonds. The number of hydrogen-bond acceptors (Lipinski definition) is 2. The van der Waals surface area contributed by atoms with Gasteiger partial charge in [-0.1, -0.05) is 30.3 Å². The topological polar surface area (TPSA) is 23.5 Å². The zero-order valence-electron chi connectivity index (χ0n) is 11.8. The first-order chi connectivity index (χ1) is 10.1. The summed E-state index contributed by atoms with van der Waals surface area (Å²) in [5.41, 5.74) is 3.13. The second-order valence-corrected chi connectivity index (χ2v) is 5.78. The molecule has 1 aromatic rings. The zero-order chi connectivity index (χ0) is 14.9. The van der Waals surface area contributed by atoms with E-state index in [4.69, 9.17) is 5.11 Å². The third-order valence-electron chi connectivity index (χ3n) is 4.20. The van der Waals surface area contributed by atoms with Gasteiger partial charge in [0.15, 0.2) is 0 Å². The standard InChI is InChI=1S/C17H19F2NO/c18-17(19)11-16(17)7-10-20-8-5-15(6-9-20)14-3-1-13(12-21)2-4-14/h1-6,8,16,21H,7,9-12H2. The van der Waals surface area contributed by atoms with Gasteiger partial charge in [-0.25, -0.2) is 8.78 Å². The minimum absolute atomic E-state index is 0.0503. The number of aliphatic hydroxyl groups is 1. The van der Waals surface area contributed by atoms with Gasteiger partial charge in [-0.05, 0) is 35.4 Å². The van der Waals surface area contributed by atoms with Crippen LogP contribution in [0.2, 0.25) is 0 Å². The van der Waals surface area contributed by atoms with Crippen LogP contribution >= 0.6 is 0 Å². The summed E-state index contributed by atoms with van der Waals surface area (Å²) < 4.78 is 25.7. The average molecular weight is 291 g/mol. The number of benzene rings is 1. The average Bonchev–Trinajstić information content (AvgIpc) is 3.13. The van der Waals surface area contributed by atoms with Gasteiger partial charge in [-0.15, -0.1) is 0 Å². The molecule has 1 atom stereocenters. The van der Waals surface area contributed by atoms with Crippen molar-refractivity contribution in [1.82, 2.24) is 4.90 Å². The van der Waals surface area contributed by atoms with Crippen LogP contribution in [-0.2, 0) is 6.61 Å². The molecule has 1 saturated carbocycles. The number of rotatable bonds is 5. The molecule has 1 aliphatic heterocycles. The third-order valence-corrected chi connectivity index (χ3v) is 4.20. The normalized spacial score (nSPS) is 23.1. The number of allylic oxidation sites excluding steroid dienone is 2. The van der Waals surface area contributed by atoms with E-state index in [1.54, 1.807) is 0 Å². The van der Waals surface area contributed by atoms with Gasteiger partial charge in [0.05, 0.1) is 6.61 Å². The van der Waals surface area contributed by atoms with E-state index >= 15 is 0 Å². The number of alkyl halides is 2. The van der Waals surface area contributed by atoms with Crippen molar-refractivity contribution in [2.45, 2.75) is 25.4 Å². The lowest BCUT2D eigenvalue weighted by molar-refractivity contribution is 0.0953. The highest BCUT2D eigenvalue weighted by molar-refractivity contribution is 5.74. The van der Waals surface area contributed by atoms with Gasteiger partial charge in [0.25, 0.3) is 5.92 Å². The maximum absolute atomic E-state index is 12.8. The number of hydrogen-bond donors (Lipinski definition) is 1. The minimum atomic E-state index is -2.41. The minimum Gasteiger partial charge on any atom is -0.392 e. The van der Waals surface area contributed by atoms with Crippen LogP contribution in [0, 0.1) is 5.92 Å². The van der Waals surface area contributed by atoms with Gasteiger partial charge < -0.3 is 10.0 Å². The first kappa shape index (κ1) is 14.3. The summed E-state index contributed by atoms with van der Waals surface area (Å²) in [5.74, 6) is -2.82. The highest BCUT2D eigenvalue weighted by Crippen LogP contribution is 2.50. The van der Waals surface area contributed by atoms with Crippen LogP contribution in [0.5, 0.6) is 0 Å². The number of nitrogens with zero attached hydrogens (tertiary/aromatic N) is 1. The molecular weight excluding hydrogens is 272 g/mol. The lowest BCUT2D eigenvalue weighted by Gasteiger charge is -2.22. The predicted octanol–water partition coefficient (Wildman–Crippen LogP) is 3.44. The van der Waals surface area contributed by atoms with E-state index < -0.39 is 11.8 Å². The van der Waals surface area contributed by atoms with Gasteiger partial charge in [0.1, 0.15) is 0 Å². The Bertz CT molecular complexity index is 563. The van der Waals surface area contributed by atoms with Gasteiger partial charge in [-0.2, -0.15) is 0 Å². The van der Waals surface area contributed by atoms with Gasteiger partial charge in [0.2, 0.25) is 0 Å². The molecule has 112 valence electrons. The number of halogens is 2. The molecule has 1 aliphatic carbocycles. The molecule has 1 fully saturated rings. The van der Waals surface area contributed by atoms with E-state index in [9.17, 15) is 8.78 Å². The van der Waals surface area contributed by atoms with Crippen molar-refractivity contribution in [1.29, 1.82) is 0 Å². The van der Waals surface area contributed by atoms with E-state index in [0.717, 1.165) is 23.2 Å². The summed E-state index contributed by atoms with van der Waals surface area (Å²) in [6, 6.07) is 7.79. The molecule has 21 heavy (non-hydrogen) atoms. The highest BCUT2D eigenvalue weighted by atomic mass is 19.3. The van der Waals surface area contributed by atoms with E-state index in [-0.39, 0.29) is 13.0 Å². The van der Waals surface area contributed by atoms with Crippen LogP contribution in [-0.4, -0.2) is 29.0 Å². The Morgan fingerprint density at radius 1 is 1.24 bits per heavy atom. The Morgan fingerprint density at radius 3 is 2.48 bits per heavy atom. The predicted molar refractivity (Wildman–Crippen MR) is 78.7 cm³/mol. The van der Waals surface area contributed by atoms with Crippen molar-refractivity contribution in [3.05, 3.63) is 53.7 Å². The Morgan fingerprint density at radius 2 is 1.95 bits per heavy atom. The molecule has 1 heterocycles. The SMILES string of the molecule is OCc1ccc(C2=CCN(CCC3CC3(F)F)C=C2)cc1. The molecule has 0 bridgehead atoms. The molecule has 4 heteroatoms. The van der Waals surface area contributed by atoms with Crippen molar-refractivity contribution in [3.8, 4) is 0 Å². The van der Waals surface area contributed by atoms with E-state index in [2.05, 4.69) is 11.0 Å². The number of aliphatic hydroxyl groups excluding tert-OH is 1. The summed E-state index contributed by atoms with van der Waals surface area (Å²) in [6.07, 6.45) is 6.73. The quantitative estimate of drug-likeness (QED) is 0.898. The molecule has 0 saturated heterocycles. The van der Waals surface area contributed by atoms with Crippen LogP contribution in [0.3, 0.4) is 0 Å². The fourth-order valence-electron chi connectivity index (χ4n) is 2.62. The maximum Gasteiger partial charge on any atom is 0.251 e. The molecule has 3 rings (SSSR count). The summed E-state index contributed by atoms with van der Waals surface area (Å²) in [5, 5.41) is 9.03. The Kier molecular flexibility index (Phi) is 3.81. The fourth-order valence-corrected chi connectivity index (χ4v) is 2.62. The van der Waals surface area contributed by atoms with Crippen molar-refractivity contribution in [2.24, 2.45) is 5.92 Å². The Labute approximate surface area is 123 Å². The van der Waals surface area contributed by atoms with Gasteiger partial charge in [0, 0.05) is 25.4 Å². The van der Waals surface area contributed by atoms with Gasteiger partial charge >= 0.3 is 0 Å². The van der Waals surface area contributed by atoms with Gasteiger partial charge in [-0.3, -0.25) is 0 Å². The van der Waals surface area contributed by atoms with Crippen LogP contribution < -0.4 is 0 Å². The second-order valence-electron chi connectivity index (χ2n) is 5.78. The summed E-state index contributed by atoms with van der Waals surface area (Å²) in [7, 11) is 0. The molecule has 0 spiro atoms. The fraction of sp³-hybridized carbons (Fsp3) is 0.412.